The predicted octanol–water partition coefficient (Wildman–Crippen LogP) is 2.38. The van der Waals surface area contributed by atoms with E-state index in [2.05, 4.69) is 6.58 Å². The molecule has 1 saturated heterocycles. The first-order chi connectivity index (χ1) is 7.97. The molecule has 0 aliphatic carbocycles. The molecule has 4 heteroatoms. The Morgan fingerprint density at radius 1 is 1.41 bits per heavy atom. The van der Waals surface area contributed by atoms with Crippen LogP contribution >= 0.6 is 0 Å². The van der Waals surface area contributed by atoms with Crippen LogP contribution in [0, 0.1) is 0 Å². The molecule has 0 bridgehead atoms. The third-order valence-corrected chi connectivity index (χ3v) is 5.30. The summed E-state index contributed by atoms with van der Waals surface area (Å²) >= 11 is 0. The van der Waals surface area contributed by atoms with Crippen molar-refractivity contribution in [2.45, 2.75) is 24.5 Å². The third kappa shape index (κ3) is 2.28. The maximum absolute atomic E-state index is 11.8. The van der Waals surface area contributed by atoms with Gasteiger partial charge in [0.05, 0.1) is 6.61 Å². The monoisotopic (exact) mass is 252 g/mol. The quantitative estimate of drug-likeness (QED) is 0.776. The van der Waals surface area contributed by atoms with E-state index in [1.165, 1.54) is 0 Å². The molecule has 0 saturated carbocycles. The molecule has 92 valence electrons. The minimum Gasteiger partial charge on any atom is -0.270 e. The molecule has 1 aromatic carbocycles. The first-order valence-electron chi connectivity index (χ1n) is 5.57. The van der Waals surface area contributed by atoms with Crippen LogP contribution in [-0.4, -0.2) is 19.8 Å². The van der Waals surface area contributed by atoms with Crippen molar-refractivity contribution in [2.24, 2.45) is 0 Å². The van der Waals surface area contributed by atoms with Crippen LogP contribution in [0.2, 0.25) is 0 Å². The van der Waals surface area contributed by atoms with Gasteiger partial charge in [-0.3, -0.25) is 4.18 Å². The summed E-state index contributed by atoms with van der Waals surface area (Å²) in [5.41, 5.74) is 2.04. The topological polar surface area (TPSA) is 43.4 Å². The highest BCUT2D eigenvalue weighted by atomic mass is 32.2. The molecule has 17 heavy (non-hydrogen) atoms. The molecule has 1 atom stereocenters. The van der Waals surface area contributed by atoms with E-state index in [9.17, 15) is 8.42 Å². The average molecular weight is 252 g/mol. The van der Waals surface area contributed by atoms with Gasteiger partial charge in [0, 0.05) is 0 Å². The van der Waals surface area contributed by atoms with E-state index in [1.54, 1.807) is 13.0 Å². The highest BCUT2D eigenvalue weighted by Crippen LogP contribution is 2.33. The second kappa shape index (κ2) is 4.27. The van der Waals surface area contributed by atoms with Crippen molar-refractivity contribution >= 4 is 16.2 Å². The lowest BCUT2D eigenvalue weighted by molar-refractivity contribution is 0.354. The van der Waals surface area contributed by atoms with Gasteiger partial charge in [-0.1, -0.05) is 36.9 Å². The lowest BCUT2D eigenvalue weighted by Gasteiger charge is -2.20. The van der Waals surface area contributed by atoms with Gasteiger partial charge in [-0.15, -0.1) is 0 Å². The molecule has 0 radical (unpaired) electrons. The fourth-order valence-corrected chi connectivity index (χ4v) is 3.28. The van der Waals surface area contributed by atoms with E-state index in [0.717, 1.165) is 11.1 Å². The summed E-state index contributed by atoms with van der Waals surface area (Å²) in [7, 11) is -3.42. The van der Waals surface area contributed by atoms with Crippen LogP contribution < -0.4 is 0 Å². The van der Waals surface area contributed by atoms with Gasteiger partial charge in [0.1, 0.15) is 4.75 Å². The Bertz CT molecular complexity index is 516. The van der Waals surface area contributed by atoms with Crippen molar-refractivity contribution in [3.05, 3.63) is 42.0 Å². The van der Waals surface area contributed by atoms with E-state index in [-0.39, 0.29) is 0 Å². The number of hydrogen-bond donors (Lipinski definition) is 0. The minimum absolute atomic E-state index is 0.295. The molecule has 1 unspecified atom stereocenters. The highest BCUT2D eigenvalue weighted by Gasteiger charge is 2.45. The van der Waals surface area contributed by atoms with Gasteiger partial charge in [0.2, 0.25) is 0 Å². The zero-order valence-corrected chi connectivity index (χ0v) is 10.7. The molecule has 1 fully saturated rings. The number of benzene rings is 1. The molecule has 3 nitrogen and oxygen atoms in total. The second-order valence-electron chi connectivity index (χ2n) is 4.60. The lowest BCUT2D eigenvalue weighted by atomic mass is 9.97. The summed E-state index contributed by atoms with van der Waals surface area (Å²) in [6.07, 6.45) is 2.81. The van der Waals surface area contributed by atoms with E-state index in [1.807, 2.05) is 24.3 Å². The summed E-state index contributed by atoms with van der Waals surface area (Å²) in [5.74, 6) is 0. The maximum atomic E-state index is 11.8. The van der Waals surface area contributed by atoms with Crippen LogP contribution in [0.15, 0.2) is 30.8 Å². The van der Waals surface area contributed by atoms with E-state index >= 15 is 0 Å². The normalized spacial score (nSPS) is 26.9. The first kappa shape index (κ1) is 12.3. The molecule has 0 N–H and O–H groups in total. The smallest absolute Gasteiger partial charge is 0.270 e. The molecule has 0 amide bonds. The van der Waals surface area contributed by atoms with E-state index in [0.29, 0.717) is 19.4 Å². The van der Waals surface area contributed by atoms with Gasteiger partial charge in [0.15, 0.2) is 0 Å². The fraction of sp³-hybridized carbons (Fsp3) is 0.385. The van der Waals surface area contributed by atoms with Crippen LogP contribution in [0.1, 0.15) is 24.5 Å². The van der Waals surface area contributed by atoms with Gasteiger partial charge < -0.3 is 0 Å². The molecule has 1 aromatic rings. The van der Waals surface area contributed by atoms with E-state index in [4.69, 9.17) is 4.18 Å². The molecular formula is C13H16O3S. The van der Waals surface area contributed by atoms with Crippen LogP contribution in [-0.2, 0) is 20.7 Å². The van der Waals surface area contributed by atoms with Gasteiger partial charge in [0.25, 0.3) is 10.1 Å². The Kier molecular flexibility index (Phi) is 3.10. The van der Waals surface area contributed by atoms with Crippen LogP contribution in [0.25, 0.3) is 6.08 Å². The zero-order chi connectivity index (χ0) is 12.5. The summed E-state index contributed by atoms with van der Waals surface area (Å²) in [6, 6.07) is 7.76. The van der Waals surface area contributed by atoms with Crippen molar-refractivity contribution in [3.63, 3.8) is 0 Å². The largest absolute Gasteiger partial charge is 0.273 e. The molecule has 0 aromatic heterocycles. The van der Waals surface area contributed by atoms with Crippen molar-refractivity contribution < 1.29 is 12.6 Å². The van der Waals surface area contributed by atoms with Gasteiger partial charge in [-0.25, -0.2) is 0 Å². The van der Waals surface area contributed by atoms with Crippen LogP contribution in [0.5, 0.6) is 0 Å². The van der Waals surface area contributed by atoms with Crippen LogP contribution in [0.3, 0.4) is 0 Å². The Morgan fingerprint density at radius 3 is 2.53 bits per heavy atom. The van der Waals surface area contributed by atoms with Crippen molar-refractivity contribution in [2.75, 3.05) is 6.61 Å². The summed E-state index contributed by atoms with van der Waals surface area (Å²) < 4.78 is 27.6. The molecule has 0 spiro atoms. The van der Waals surface area contributed by atoms with E-state index < -0.39 is 14.9 Å². The molecule has 2 rings (SSSR count). The number of hydrogen-bond acceptors (Lipinski definition) is 3. The second-order valence-corrected chi connectivity index (χ2v) is 6.73. The highest BCUT2D eigenvalue weighted by molar-refractivity contribution is 7.88. The summed E-state index contributed by atoms with van der Waals surface area (Å²) in [4.78, 5) is 0. The minimum atomic E-state index is -3.42. The average Bonchev–Trinajstić information content (AvgIpc) is 2.54. The summed E-state index contributed by atoms with van der Waals surface area (Å²) in [6.45, 7) is 5.73. The molecule has 1 heterocycles. The maximum Gasteiger partial charge on any atom is 0.273 e. The zero-order valence-electron chi connectivity index (χ0n) is 9.85. The van der Waals surface area contributed by atoms with Gasteiger partial charge >= 0.3 is 0 Å². The van der Waals surface area contributed by atoms with Crippen molar-refractivity contribution in [1.82, 2.24) is 0 Å². The fourth-order valence-electron chi connectivity index (χ4n) is 2.01. The predicted molar refractivity (Wildman–Crippen MR) is 68.1 cm³/mol. The Hall–Kier alpha value is -1.13. The van der Waals surface area contributed by atoms with Gasteiger partial charge in [-0.2, -0.15) is 8.42 Å². The third-order valence-electron chi connectivity index (χ3n) is 3.27. The van der Waals surface area contributed by atoms with Crippen LogP contribution in [0.4, 0.5) is 0 Å². The Labute approximate surface area is 102 Å². The lowest BCUT2D eigenvalue weighted by Crippen LogP contribution is -2.32. The molecular weight excluding hydrogens is 236 g/mol. The Morgan fingerprint density at radius 2 is 2.06 bits per heavy atom. The summed E-state index contributed by atoms with van der Waals surface area (Å²) in [5, 5.41) is 0. The standard InChI is InChI=1S/C13H16O3S/c1-3-11-4-6-12(7-5-11)10-13(2)8-9-16-17(13,14)15/h3-7H,1,8-10H2,2H3. The SMILES string of the molecule is C=Cc1ccc(CC2(C)CCOS2(=O)=O)cc1. The number of rotatable bonds is 3. The molecule has 1 aliphatic rings. The Balaban J connectivity index is 2.23. The van der Waals surface area contributed by atoms with Crippen molar-refractivity contribution in [3.8, 4) is 0 Å². The molecule has 1 aliphatic heterocycles. The first-order valence-corrected chi connectivity index (χ1v) is 6.98. The van der Waals surface area contributed by atoms with Gasteiger partial charge in [-0.05, 0) is 30.9 Å². The van der Waals surface area contributed by atoms with Crippen molar-refractivity contribution in [1.29, 1.82) is 0 Å².